The highest BCUT2D eigenvalue weighted by Crippen LogP contribution is 2.18. The number of carboxylic acid groups (broad SMARTS) is 1. The van der Waals surface area contributed by atoms with E-state index < -0.39 is 18.1 Å². The lowest BCUT2D eigenvalue weighted by molar-refractivity contribution is -0.139. The molecule has 36 heavy (non-hydrogen) atoms. The van der Waals surface area contributed by atoms with Crippen LogP contribution in [0.15, 0.2) is 48.0 Å². The summed E-state index contributed by atoms with van der Waals surface area (Å²) in [5, 5.41) is 21.7. The third kappa shape index (κ3) is 6.81. The van der Waals surface area contributed by atoms with Crippen molar-refractivity contribution in [1.82, 2.24) is 35.5 Å². The molecule has 13 heteroatoms. The van der Waals surface area contributed by atoms with Crippen LogP contribution in [0, 0.1) is 0 Å². The number of hydrogen-bond donors (Lipinski definition) is 5. The second kappa shape index (κ2) is 12.3. The van der Waals surface area contributed by atoms with E-state index in [0.717, 1.165) is 44.0 Å². The van der Waals surface area contributed by atoms with E-state index in [2.05, 4.69) is 41.2 Å². The predicted octanol–water partition coefficient (Wildman–Crippen LogP) is 0.947. The number of aliphatic imine (C=N–C) groups is 1. The van der Waals surface area contributed by atoms with E-state index in [4.69, 9.17) is 4.74 Å². The van der Waals surface area contributed by atoms with Crippen molar-refractivity contribution in [2.24, 2.45) is 4.99 Å². The first-order valence-corrected chi connectivity index (χ1v) is 11.7. The van der Waals surface area contributed by atoms with Crippen LogP contribution in [0.5, 0.6) is 0 Å². The van der Waals surface area contributed by atoms with Crippen molar-refractivity contribution in [2.45, 2.75) is 32.0 Å². The monoisotopic (exact) mass is 495 g/mol. The average molecular weight is 496 g/mol. The first-order chi connectivity index (χ1) is 17.6. The van der Waals surface area contributed by atoms with Gasteiger partial charge in [0.2, 0.25) is 0 Å². The van der Waals surface area contributed by atoms with Crippen molar-refractivity contribution in [3.05, 3.63) is 48.5 Å². The summed E-state index contributed by atoms with van der Waals surface area (Å²) in [5.41, 5.74) is 1.79. The Kier molecular flexibility index (Phi) is 8.46. The SMILES string of the molecule is O=C(N[C@@H](Cn1cnc2c(NCCCCNC3=NCCN3)ncnc21)C(=O)O)OCc1ccccc1. The lowest BCUT2D eigenvalue weighted by Gasteiger charge is -2.15. The number of amides is 1. The zero-order valence-electron chi connectivity index (χ0n) is 19.7. The molecule has 0 aliphatic carbocycles. The fourth-order valence-electron chi connectivity index (χ4n) is 3.61. The molecule has 0 saturated carbocycles. The first-order valence-electron chi connectivity index (χ1n) is 11.7. The van der Waals surface area contributed by atoms with Gasteiger partial charge in [-0.2, -0.15) is 0 Å². The number of hydrogen-bond acceptors (Lipinski definition) is 10. The molecule has 1 amide bonds. The van der Waals surface area contributed by atoms with E-state index in [1.54, 1.807) is 4.57 Å². The molecule has 0 fully saturated rings. The van der Waals surface area contributed by atoms with Crippen LogP contribution in [-0.2, 0) is 22.7 Å². The van der Waals surface area contributed by atoms with Crippen molar-refractivity contribution in [2.75, 3.05) is 31.5 Å². The van der Waals surface area contributed by atoms with Crippen LogP contribution in [-0.4, -0.2) is 74.9 Å². The molecular weight excluding hydrogens is 466 g/mol. The molecule has 0 bridgehead atoms. The van der Waals surface area contributed by atoms with Gasteiger partial charge in [0.1, 0.15) is 24.5 Å². The van der Waals surface area contributed by atoms with E-state index in [9.17, 15) is 14.7 Å². The molecular formula is C23H29N9O4. The summed E-state index contributed by atoms with van der Waals surface area (Å²) in [6.45, 7) is 3.15. The highest BCUT2D eigenvalue weighted by atomic mass is 16.5. The van der Waals surface area contributed by atoms with Gasteiger partial charge in [-0.3, -0.25) is 4.99 Å². The molecule has 4 rings (SSSR count). The van der Waals surface area contributed by atoms with Crippen LogP contribution in [0.4, 0.5) is 10.6 Å². The summed E-state index contributed by atoms with van der Waals surface area (Å²) < 4.78 is 6.71. The Hall–Kier alpha value is -4.42. The molecule has 0 radical (unpaired) electrons. The van der Waals surface area contributed by atoms with E-state index in [-0.39, 0.29) is 13.2 Å². The number of alkyl carbamates (subject to hydrolysis) is 1. The normalized spacial score (nSPS) is 13.5. The van der Waals surface area contributed by atoms with Crippen LogP contribution < -0.4 is 21.3 Å². The minimum atomic E-state index is -1.23. The summed E-state index contributed by atoms with van der Waals surface area (Å²) in [7, 11) is 0. The fraction of sp³-hybridized carbons (Fsp3) is 0.391. The minimum Gasteiger partial charge on any atom is -0.480 e. The van der Waals surface area contributed by atoms with Crippen LogP contribution in [0.25, 0.3) is 11.2 Å². The van der Waals surface area contributed by atoms with Crippen molar-refractivity contribution >= 4 is 35.0 Å². The van der Waals surface area contributed by atoms with Gasteiger partial charge in [-0.15, -0.1) is 0 Å². The summed E-state index contributed by atoms with van der Waals surface area (Å²) in [4.78, 5) is 41.1. The number of guanidine groups is 1. The Morgan fingerprint density at radius 1 is 1.11 bits per heavy atom. The molecule has 1 aliphatic rings. The molecule has 3 heterocycles. The lowest BCUT2D eigenvalue weighted by Crippen LogP contribution is -2.43. The van der Waals surface area contributed by atoms with E-state index in [1.807, 2.05) is 30.3 Å². The van der Waals surface area contributed by atoms with Gasteiger partial charge in [0.15, 0.2) is 17.4 Å². The number of imidazole rings is 1. The molecule has 5 N–H and O–H groups in total. The fourth-order valence-corrected chi connectivity index (χ4v) is 3.61. The van der Waals surface area contributed by atoms with Gasteiger partial charge in [0, 0.05) is 19.6 Å². The number of fused-ring (bicyclic) bond motifs is 1. The van der Waals surface area contributed by atoms with Crippen molar-refractivity contribution in [3.8, 4) is 0 Å². The van der Waals surface area contributed by atoms with Crippen LogP contribution in [0.1, 0.15) is 18.4 Å². The van der Waals surface area contributed by atoms with Gasteiger partial charge in [-0.25, -0.2) is 24.5 Å². The highest BCUT2D eigenvalue weighted by molar-refractivity contribution is 5.83. The molecule has 190 valence electrons. The number of nitrogens with zero attached hydrogens (tertiary/aromatic N) is 5. The van der Waals surface area contributed by atoms with Crippen LogP contribution in [0.3, 0.4) is 0 Å². The number of carbonyl (C=O) groups is 2. The van der Waals surface area contributed by atoms with E-state index >= 15 is 0 Å². The smallest absolute Gasteiger partial charge is 0.408 e. The van der Waals surface area contributed by atoms with Gasteiger partial charge in [0.05, 0.1) is 19.4 Å². The summed E-state index contributed by atoms with van der Waals surface area (Å²) in [6, 6.07) is 7.90. The largest absolute Gasteiger partial charge is 0.480 e. The van der Waals surface area contributed by atoms with E-state index in [0.29, 0.717) is 23.5 Å². The highest BCUT2D eigenvalue weighted by Gasteiger charge is 2.23. The Bertz CT molecular complexity index is 1200. The number of anilines is 1. The maximum atomic E-state index is 12.2. The van der Waals surface area contributed by atoms with Gasteiger partial charge < -0.3 is 35.7 Å². The summed E-state index contributed by atoms with van der Waals surface area (Å²) in [6.07, 6.45) is 3.91. The lowest BCUT2D eigenvalue weighted by atomic mass is 10.2. The maximum absolute atomic E-state index is 12.2. The molecule has 2 aromatic heterocycles. The number of carboxylic acids is 1. The van der Waals surface area contributed by atoms with Gasteiger partial charge >= 0.3 is 12.1 Å². The summed E-state index contributed by atoms with van der Waals surface area (Å²) in [5.74, 6) is 0.216. The molecule has 1 atom stereocenters. The van der Waals surface area contributed by atoms with Crippen LogP contribution in [0.2, 0.25) is 0 Å². The van der Waals surface area contributed by atoms with Crippen molar-refractivity contribution < 1.29 is 19.4 Å². The van der Waals surface area contributed by atoms with Gasteiger partial charge in [0.25, 0.3) is 0 Å². The average Bonchev–Trinajstić information content (AvgIpc) is 3.55. The Morgan fingerprint density at radius 3 is 2.67 bits per heavy atom. The number of benzene rings is 1. The second-order valence-corrected chi connectivity index (χ2v) is 8.11. The number of carbonyl (C=O) groups excluding carboxylic acids is 1. The molecule has 0 unspecified atom stereocenters. The number of ether oxygens (including phenoxy) is 1. The number of unbranched alkanes of at least 4 members (excludes halogenated alkanes) is 1. The Morgan fingerprint density at radius 2 is 1.92 bits per heavy atom. The maximum Gasteiger partial charge on any atom is 0.408 e. The van der Waals surface area contributed by atoms with Gasteiger partial charge in [-0.1, -0.05) is 30.3 Å². The molecule has 3 aromatic rings. The molecule has 1 aromatic carbocycles. The second-order valence-electron chi connectivity index (χ2n) is 8.11. The summed E-state index contributed by atoms with van der Waals surface area (Å²) >= 11 is 0. The van der Waals surface area contributed by atoms with E-state index in [1.165, 1.54) is 12.7 Å². The van der Waals surface area contributed by atoms with Crippen LogP contribution >= 0.6 is 0 Å². The van der Waals surface area contributed by atoms with Gasteiger partial charge in [-0.05, 0) is 18.4 Å². The molecule has 1 aliphatic heterocycles. The molecule has 0 saturated heterocycles. The third-order valence-electron chi connectivity index (χ3n) is 5.45. The topological polar surface area (TPSA) is 168 Å². The number of aliphatic carboxylic acids is 1. The number of rotatable bonds is 12. The zero-order valence-corrected chi connectivity index (χ0v) is 19.7. The predicted molar refractivity (Wildman–Crippen MR) is 133 cm³/mol. The standard InChI is InChI=1S/C23H29N9O4/c33-21(34)17(31-23(35)36-13-16-6-2-1-3-7-16)12-32-15-30-18-19(28-14-29-20(18)32)24-8-4-5-9-25-22-26-10-11-27-22/h1-3,6-7,14-15,17H,4-5,8-13H2,(H,31,35)(H,33,34)(H,24,28,29)(H2,25,26,27)/t17-/m0/s1. The van der Waals surface area contributed by atoms with Crippen molar-refractivity contribution in [1.29, 1.82) is 0 Å². The molecule has 13 nitrogen and oxygen atoms in total. The number of nitrogens with one attached hydrogen (secondary N) is 4. The Labute approximate surface area is 207 Å². The first kappa shape index (κ1) is 24.7. The minimum absolute atomic E-state index is 0.0387. The number of aromatic nitrogens is 4. The zero-order chi connectivity index (χ0) is 25.2. The molecule has 0 spiro atoms. The quantitative estimate of drug-likeness (QED) is 0.228. The van der Waals surface area contributed by atoms with Crippen molar-refractivity contribution in [3.63, 3.8) is 0 Å². The third-order valence-corrected chi connectivity index (χ3v) is 5.45. The Balaban J connectivity index is 1.29.